The van der Waals surface area contributed by atoms with Gasteiger partial charge in [0.2, 0.25) is 11.8 Å². The highest BCUT2D eigenvalue weighted by atomic mass is 35.5. The summed E-state index contributed by atoms with van der Waals surface area (Å²) in [5, 5.41) is 6.35. The molecule has 1 unspecified atom stereocenters. The molecule has 2 N–H and O–H groups in total. The van der Waals surface area contributed by atoms with Crippen molar-refractivity contribution in [2.45, 2.75) is 12.5 Å². The Kier molecular flexibility index (Phi) is 3.52. The summed E-state index contributed by atoms with van der Waals surface area (Å²) in [7, 11) is -2.58. The second-order valence-corrected chi connectivity index (χ2v) is 3.69. The number of aromatic nitrogens is 2. The average molecular weight is 268 g/mol. The maximum Gasteiger partial charge on any atom is 0.237 e. The van der Waals surface area contributed by atoms with Crippen molar-refractivity contribution < 1.29 is 8.85 Å². The molecule has 0 bridgehead atoms. The van der Waals surface area contributed by atoms with Gasteiger partial charge in [-0.1, -0.05) is 11.6 Å². The third kappa shape index (κ3) is 3.10. The second-order valence-electron chi connectivity index (χ2n) is 3.28. The Morgan fingerprint density at radius 1 is 1.75 bits per heavy atom. The van der Waals surface area contributed by atoms with Crippen LogP contribution in [0.25, 0.3) is 0 Å². The second kappa shape index (κ2) is 6.08. The van der Waals surface area contributed by atoms with E-state index in [4.69, 9.17) is 20.5 Å². The van der Waals surface area contributed by atoms with Crippen LogP contribution in [0.2, 0.25) is 5.02 Å². The fraction of sp³-hybridized carbons (Fsp3) is 0.556. The first kappa shape index (κ1) is 9.27. The summed E-state index contributed by atoms with van der Waals surface area (Å²) in [5.41, 5.74) is 0. The third-order valence-electron chi connectivity index (χ3n) is 2.20. The van der Waals surface area contributed by atoms with Gasteiger partial charge in [0.1, 0.15) is 5.02 Å². The van der Waals surface area contributed by atoms with E-state index in [2.05, 4.69) is 20.6 Å². The largest absolute Gasteiger partial charge is 0.480 e. The standard InChI is InChI=1S/C9H13ClN4O.ClH/c1-15-8-7(10)5-12-9(14-8)13-6-2-3-11-4-6;/h5-6,11H,2-4H2,1H3,(H,12,13,14);1H/i1D3;. The number of halogens is 2. The number of nitrogens with zero attached hydrogens (tertiary/aromatic N) is 2. The number of rotatable bonds is 3. The molecular formula is C9H14Cl2N4O. The van der Waals surface area contributed by atoms with Crippen molar-refractivity contribution >= 4 is 30.0 Å². The minimum Gasteiger partial charge on any atom is -0.480 e. The molecule has 90 valence electrons. The molecule has 1 aliphatic heterocycles. The molecule has 1 saturated heterocycles. The highest BCUT2D eigenvalue weighted by Crippen LogP contribution is 2.21. The molecule has 0 saturated carbocycles. The van der Waals surface area contributed by atoms with E-state index < -0.39 is 7.04 Å². The highest BCUT2D eigenvalue weighted by Gasteiger charge is 2.15. The predicted octanol–water partition coefficient (Wildman–Crippen LogP) is 1.33. The van der Waals surface area contributed by atoms with E-state index in [1.165, 1.54) is 6.20 Å². The third-order valence-corrected chi connectivity index (χ3v) is 2.46. The van der Waals surface area contributed by atoms with Gasteiger partial charge in [-0.25, -0.2) is 4.98 Å². The van der Waals surface area contributed by atoms with Crippen LogP contribution >= 0.6 is 24.0 Å². The molecule has 16 heavy (non-hydrogen) atoms. The molecule has 1 aliphatic rings. The SMILES string of the molecule is Cl.[2H]C([2H])([2H])Oc1nc(NC2CCNC2)ncc1Cl. The van der Waals surface area contributed by atoms with Crippen LogP contribution in [-0.2, 0) is 0 Å². The number of anilines is 1. The molecule has 2 heterocycles. The average Bonchev–Trinajstić information content (AvgIpc) is 2.74. The zero-order valence-corrected chi connectivity index (χ0v) is 9.94. The van der Waals surface area contributed by atoms with E-state index in [0.29, 0.717) is 5.95 Å². The van der Waals surface area contributed by atoms with Gasteiger partial charge in [0, 0.05) is 12.6 Å². The van der Waals surface area contributed by atoms with Crippen LogP contribution in [0.15, 0.2) is 6.20 Å². The summed E-state index contributed by atoms with van der Waals surface area (Å²) >= 11 is 5.78. The minimum atomic E-state index is -2.58. The number of hydrogen-bond acceptors (Lipinski definition) is 5. The molecule has 7 heteroatoms. The fourth-order valence-corrected chi connectivity index (χ4v) is 1.58. The van der Waals surface area contributed by atoms with Gasteiger partial charge < -0.3 is 15.4 Å². The highest BCUT2D eigenvalue weighted by molar-refractivity contribution is 6.31. The van der Waals surface area contributed by atoms with Gasteiger partial charge in [-0.05, 0) is 13.0 Å². The Balaban J connectivity index is 0.00000180. The molecule has 5 nitrogen and oxygen atoms in total. The van der Waals surface area contributed by atoms with Crippen molar-refractivity contribution in [3.8, 4) is 5.88 Å². The van der Waals surface area contributed by atoms with E-state index in [1.807, 2.05) is 0 Å². The van der Waals surface area contributed by atoms with Crippen molar-refractivity contribution in [2.24, 2.45) is 0 Å². The number of nitrogens with one attached hydrogen (secondary N) is 2. The van der Waals surface area contributed by atoms with Crippen molar-refractivity contribution in [1.29, 1.82) is 0 Å². The zero-order valence-electron chi connectivity index (χ0n) is 11.4. The predicted molar refractivity (Wildman–Crippen MR) is 65.7 cm³/mol. The first-order valence-electron chi connectivity index (χ1n) is 6.13. The number of ether oxygens (including phenoxy) is 1. The first-order valence-corrected chi connectivity index (χ1v) is 5.01. The Bertz CT molecular complexity index is 426. The Labute approximate surface area is 110 Å². The smallest absolute Gasteiger partial charge is 0.237 e. The van der Waals surface area contributed by atoms with Crippen molar-refractivity contribution in [3.63, 3.8) is 0 Å². The van der Waals surface area contributed by atoms with Crippen LogP contribution in [0.1, 0.15) is 10.5 Å². The lowest BCUT2D eigenvalue weighted by atomic mass is 10.3. The summed E-state index contributed by atoms with van der Waals surface area (Å²) in [4.78, 5) is 7.94. The van der Waals surface area contributed by atoms with E-state index in [-0.39, 0.29) is 29.4 Å². The Hall–Kier alpha value is -0.780. The lowest BCUT2D eigenvalue weighted by Crippen LogP contribution is -2.23. The summed E-state index contributed by atoms with van der Waals surface area (Å²) in [5.74, 6) is 0.174. The molecule has 0 radical (unpaired) electrons. The van der Waals surface area contributed by atoms with E-state index in [9.17, 15) is 0 Å². The molecule has 0 amide bonds. The van der Waals surface area contributed by atoms with Crippen LogP contribution < -0.4 is 15.4 Å². The number of methoxy groups -OCH3 is 1. The van der Waals surface area contributed by atoms with Crippen LogP contribution in [0, 0.1) is 0 Å². The van der Waals surface area contributed by atoms with Gasteiger partial charge >= 0.3 is 0 Å². The topological polar surface area (TPSA) is 59.1 Å². The van der Waals surface area contributed by atoms with Crippen LogP contribution in [0.5, 0.6) is 5.88 Å². The maximum atomic E-state index is 7.02. The summed E-state index contributed by atoms with van der Waals surface area (Å²) in [6.07, 6.45) is 2.28. The van der Waals surface area contributed by atoms with Gasteiger partial charge in [0.05, 0.1) is 17.3 Å². The van der Waals surface area contributed by atoms with E-state index >= 15 is 0 Å². The molecule has 1 aromatic heterocycles. The fourth-order valence-electron chi connectivity index (χ4n) is 1.45. The van der Waals surface area contributed by atoms with Gasteiger partial charge in [-0.15, -0.1) is 12.4 Å². The Morgan fingerprint density at radius 3 is 3.31 bits per heavy atom. The quantitative estimate of drug-likeness (QED) is 0.866. The van der Waals surface area contributed by atoms with Crippen LogP contribution in [-0.4, -0.2) is 36.1 Å². The monoisotopic (exact) mass is 267 g/mol. The van der Waals surface area contributed by atoms with E-state index in [0.717, 1.165) is 19.5 Å². The maximum absolute atomic E-state index is 7.02. The summed E-state index contributed by atoms with van der Waals surface area (Å²) < 4.78 is 25.8. The number of hydrogen-bond donors (Lipinski definition) is 2. The molecule has 0 aromatic carbocycles. The molecule has 1 fully saturated rings. The molecule has 0 spiro atoms. The van der Waals surface area contributed by atoms with Crippen molar-refractivity contribution in [2.75, 3.05) is 25.4 Å². The lowest BCUT2D eigenvalue weighted by Gasteiger charge is -2.11. The van der Waals surface area contributed by atoms with E-state index in [1.54, 1.807) is 0 Å². The zero-order chi connectivity index (χ0) is 13.2. The molecule has 1 aromatic rings. The summed E-state index contributed by atoms with van der Waals surface area (Å²) in [6, 6.07) is 0.229. The van der Waals surface area contributed by atoms with Crippen LogP contribution in [0.3, 0.4) is 0 Å². The van der Waals surface area contributed by atoms with Gasteiger partial charge in [-0.2, -0.15) is 4.98 Å². The molecular weight excluding hydrogens is 251 g/mol. The molecule has 1 atom stereocenters. The van der Waals surface area contributed by atoms with Crippen molar-refractivity contribution in [3.05, 3.63) is 11.2 Å². The minimum absolute atomic E-state index is 0. The van der Waals surface area contributed by atoms with Gasteiger partial charge in [0.15, 0.2) is 0 Å². The Morgan fingerprint density at radius 2 is 2.62 bits per heavy atom. The molecule has 2 rings (SSSR count). The van der Waals surface area contributed by atoms with Gasteiger partial charge in [-0.3, -0.25) is 0 Å². The van der Waals surface area contributed by atoms with Crippen molar-refractivity contribution in [1.82, 2.24) is 15.3 Å². The summed E-state index contributed by atoms with van der Waals surface area (Å²) in [6.45, 7) is 1.76. The lowest BCUT2D eigenvalue weighted by molar-refractivity contribution is 0.397. The van der Waals surface area contributed by atoms with Gasteiger partial charge in [0.25, 0.3) is 0 Å². The first-order chi connectivity index (χ1) is 8.44. The van der Waals surface area contributed by atoms with Crippen LogP contribution in [0.4, 0.5) is 5.95 Å². The molecule has 0 aliphatic carbocycles. The normalized spacial score (nSPS) is 22.6.